The first-order chi connectivity index (χ1) is 9.22. The lowest BCUT2D eigenvalue weighted by atomic mass is 10.1. The summed E-state index contributed by atoms with van der Waals surface area (Å²) in [5, 5.41) is 15.7. The van der Waals surface area contributed by atoms with Crippen molar-refractivity contribution in [1.82, 2.24) is 0 Å². The van der Waals surface area contributed by atoms with Crippen LogP contribution < -0.4 is 0 Å². The Labute approximate surface area is 117 Å². The molecule has 124 valence electrons. The lowest BCUT2D eigenvalue weighted by Gasteiger charge is -2.27. The number of carbonyl (C=O) groups is 2. The number of alkyl halides is 7. The lowest BCUT2D eigenvalue weighted by molar-refractivity contribution is -0.355. The van der Waals surface area contributed by atoms with Gasteiger partial charge in [-0.1, -0.05) is 11.8 Å². The molecule has 0 aromatic carbocycles. The Bertz CT molecular complexity index is 396. The van der Waals surface area contributed by atoms with E-state index in [0.717, 1.165) is 0 Å². The highest BCUT2D eigenvalue weighted by Gasteiger charge is 2.72. The first-order valence-corrected chi connectivity index (χ1v) is 6.10. The monoisotopic (exact) mass is 346 g/mol. The summed E-state index contributed by atoms with van der Waals surface area (Å²) in [6.45, 7) is 0. The van der Waals surface area contributed by atoms with Gasteiger partial charge in [-0.3, -0.25) is 4.79 Å². The number of carboxylic acids is 1. The second-order valence-corrected chi connectivity index (χ2v) is 4.89. The molecule has 0 fully saturated rings. The van der Waals surface area contributed by atoms with Gasteiger partial charge in [-0.15, -0.1) is 0 Å². The van der Waals surface area contributed by atoms with Gasteiger partial charge in [-0.25, -0.2) is 4.79 Å². The molecule has 0 amide bonds. The Morgan fingerprint density at radius 1 is 1.05 bits per heavy atom. The van der Waals surface area contributed by atoms with Crippen LogP contribution >= 0.6 is 11.8 Å². The molecule has 0 heterocycles. The summed E-state index contributed by atoms with van der Waals surface area (Å²) in [5.41, 5.74) is 0. The van der Waals surface area contributed by atoms with Gasteiger partial charge in [0.15, 0.2) is 11.2 Å². The fraction of sp³-hybridized carbons (Fsp3) is 0.778. The number of carboxylic acid groups (broad SMARTS) is 1. The molecule has 0 saturated heterocycles. The zero-order valence-electron chi connectivity index (χ0n) is 9.96. The van der Waals surface area contributed by atoms with Crippen molar-refractivity contribution in [2.75, 3.05) is 5.75 Å². The lowest BCUT2D eigenvalue weighted by Crippen LogP contribution is -2.51. The van der Waals surface area contributed by atoms with Gasteiger partial charge < -0.3 is 10.2 Å². The van der Waals surface area contributed by atoms with E-state index in [1.165, 1.54) is 0 Å². The van der Waals surface area contributed by atoms with Crippen molar-refractivity contribution in [2.24, 2.45) is 0 Å². The van der Waals surface area contributed by atoms with E-state index in [1.807, 2.05) is 0 Å². The number of aliphatic carboxylic acids is 1. The van der Waals surface area contributed by atoms with Crippen LogP contribution in [0, 0.1) is 0 Å². The fourth-order valence-corrected chi connectivity index (χ4v) is 1.67. The summed E-state index contributed by atoms with van der Waals surface area (Å²) in [5.74, 6) is -14.2. The highest BCUT2D eigenvalue weighted by atomic mass is 32.2. The zero-order valence-corrected chi connectivity index (χ0v) is 10.8. The predicted octanol–water partition coefficient (Wildman–Crippen LogP) is 2.30. The molecule has 0 radical (unpaired) electrons. The van der Waals surface area contributed by atoms with Gasteiger partial charge in [-0.2, -0.15) is 30.7 Å². The van der Waals surface area contributed by atoms with E-state index in [-0.39, 0.29) is 11.8 Å². The van der Waals surface area contributed by atoms with Gasteiger partial charge in [0.05, 0.1) is 0 Å². The van der Waals surface area contributed by atoms with Gasteiger partial charge in [0.2, 0.25) is 0 Å². The first-order valence-electron chi connectivity index (χ1n) is 5.11. The molecule has 4 nitrogen and oxygen atoms in total. The molecule has 0 bridgehead atoms. The molecular weight excluding hydrogens is 337 g/mol. The van der Waals surface area contributed by atoms with Gasteiger partial charge in [-0.05, 0) is 0 Å². The van der Waals surface area contributed by atoms with Crippen molar-refractivity contribution in [1.29, 1.82) is 0 Å². The minimum Gasteiger partial charge on any atom is -0.479 e. The summed E-state index contributed by atoms with van der Waals surface area (Å²) in [4.78, 5) is 21.1. The molecular formula is C9H9F7O4S. The van der Waals surface area contributed by atoms with Crippen LogP contribution in [0.2, 0.25) is 0 Å². The second kappa shape index (κ2) is 6.81. The smallest absolute Gasteiger partial charge is 0.459 e. The standard InChI is InChI=1S/C9H9F7O4S/c10-7(11,8(12,13)9(14,15)16)2-1-5(18)21-3-4(17)6(19)20/h4,17H,1-3H2,(H,19,20). The van der Waals surface area contributed by atoms with Crippen molar-refractivity contribution in [2.45, 2.75) is 37.0 Å². The molecule has 0 saturated carbocycles. The number of thioether (sulfide) groups is 1. The molecule has 21 heavy (non-hydrogen) atoms. The number of aliphatic hydroxyl groups is 1. The maximum Gasteiger partial charge on any atom is 0.459 e. The summed E-state index contributed by atoms with van der Waals surface area (Å²) in [7, 11) is 0. The first kappa shape index (κ1) is 20.0. The maximum absolute atomic E-state index is 12.8. The average molecular weight is 346 g/mol. The number of rotatable bonds is 7. The fourth-order valence-electron chi connectivity index (χ4n) is 0.939. The molecule has 0 aromatic heterocycles. The third-order valence-electron chi connectivity index (χ3n) is 2.15. The van der Waals surface area contributed by atoms with Crippen LogP contribution in [0.3, 0.4) is 0 Å². The minimum absolute atomic E-state index is 0.0424. The van der Waals surface area contributed by atoms with Gasteiger partial charge in [0, 0.05) is 18.6 Å². The summed E-state index contributed by atoms with van der Waals surface area (Å²) < 4.78 is 85.9. The molecule has 1 unspecified atom stereocenters. The maximum atomic E-state index is 12.8. The Morgan fingerprint density at radius 2 is 1.52 bits per heavy atom. The van der Waals surface area contributed by atoms with Crippen LogP contribution in [0.4, 0.5) is 30.7 Å². The van der Waals surface area contributed by atoms with Crippen LogP contribution in [0.15, 0.2) is 0 Å². The highest BCUT2D eigenvalue weighted by Crippen LogP contribution is 2.48. The van der Waals surface area contributed by atoms with E-state index in [9.17, 15) is 40.3 Å². The Morgan fingerprint density at radius 3 is 1.90 bits per heavy atom. The molecule has 12 heteroatoms. The van der Waals surface area contributed by atoms with Crippen molar-refractivity contribution in [3.05, 3.63) is 0 Å². The van der Waals surface area contributed by atoms with Crippen molar-refractivity contribution >= 4 is 22.8 Å². The summed E-state index contributed by atoms with van der Waals surface area (Å²) in [6, 6.07) is 0. The molecule has 0 aliphatic rings. The number of aliphatic hydroxyl groups excluding tert-OH is 1. The van der Waals surface area contributed by atoms with Gasteiger partial charge in [0.25, 0.3) is 0 Å². The predicted molar refractivity (Wildman–Crippen MR) is 56.3 cm³/mol. The molecule has 0 rings (SSSR count). The molecule has 0 spiro atoms. The largest absolute Gasteiger partial charge is 0.479 e. The SMILES string of the molecule is O=C(CCC(F)(F)C(F)(F)C(F)(F)F)SCC(O)C(=O)O. The molecule has 0 aliphatic carbocycles. The van der Waals surface area contributed by atoms with E-state index in [4.69, 9.17) is 10.2 Å². The van der Waals surface area contributed by atoms with E-state index in [1.54, 1.807) is 0 Å². The molecule has 1 atom stereocenters. The van der Waals surface area contributed by atoms with E-state index < -0.39 is 53.8 Å². The summed E-state index contributed by atoms with van der Waals surface area (Å²) >= 11 is 0.0424. The normalized spacial score (nSPS) is 14.9. The second-order valence-electron chi connectivity index (χ2n) is 3.81. The van der Waals surface area contributed by atoms with E-state index in [0.29, 0.717) is 0 Å². The number of hydrogen-bond donors (Lipinski definition) is 2. The highest BCUT2D eigenvalue weighted by molar-refractivity contribution is 8.13. The van der Waals surface area contributed by atoms with Gasteiger partial charge in [0.1, 0.15) is 0 Å². The third kappa shape index (κ3) is 5.34. The third-order valence-corrected chi connectivity index (χ3v) is 3.15. The van der Waals surface area contributed by atoms with Crippen LogP contribution in [0.1, 0.15) is 12.8 Å². The quantitative estimate of drug-likeness (QED) is 0.692. The van der Waals surface area contributed by atoms with Crippen molar-refractivity contribution in [3.8, 4) is 0 Å². The Hall–Kier alpha value is -1.04. The number of halogens is 7. The van der Waals surface area contributed by atoms with Crippen LogP contribution in [0.5, 0.6) is 0 Å². The van der Waals surface area contributed by atoms with E-state index >= 15 is 0 Å². The van der Waals surface area contributed by atoms with Crippen LogP contribution in [-0.2, 0) is 9.59 Å². The molecule has 2 N–H and O–H groups in total. The number of carbonyl (C=O) groups excluding carboxylic acids is 1. The van der Waals surface area contributed by atoms with Crippen LogP contribution in [0.25, 0.3) is 0 Å². The molecule has 0 aliphatic heterocycles. The summed E-state index contributed by atoms with van der Waals surface area (Å²) in [6.07, 6.45) is -11.9. The van der Waals surface area contributed by atoms with Gasteiger partial charge >= 0.3 is 24.0 Å². The Balaban J connectivity index is 4.51. The Kier molecular flexibility index (Phi) is 6.48. The zero-order chi connectivity index (χ0) is 17.1. The minimum atomic E-state index is -6.47. The topological polar surface area (TPSA) is 74.6 Å². The molecule has 0 aromatic rings. The average Bonchev–Trinajstić information content (AvgIpc) is 2.31. The van der Waals surface area contributed by atoms with Crippen molar-refractivity contribution < 1.29 is 50.5 Å². The van der Waals surface area contributed by atoms with Crippen LogP contribution in [-0.4, -0.2) is 51.2 Å². The number of hydrogen-bond acceptors (Lipinski definition) is 4. The van der Waals surface area contributed by atoms with Crippen molar-refractivity contribution in [3.63, 3.8) is 0 Å². The van der Waals surface area contributed by atoms with E-state index in [2.05, 4.69) is 0 Å².